The average molecular weight is 534 g/mol. The zero-order chi connectivity index (χ0) is 27.2. The number of aliphatic imine (C=N–C) groups is 1. The highest BCUT2D eigenvalue weighted by atomic mass is 19.4. The fourth-order valence-electron chi connectivity index (χ4n) is 3.71. The summed E-state index contributed by atoms with van der Waals surface area (Å²) in [4.78, 5) is 39.9. The number of alkyl halides is 3. The molecule has 3 heterocycles. The van der Waals surface area contributed by atoms with Gasteiger partial charge in [0.15, 0.2) is 17.4 Å². The van der Waals surface area contributed by atoms with Crippen molar-refractivity contribution in [1.82, 2.24) is 29.7 Å². The van der Waals surface area contributed by atoms with Gasteiger partial charge in [-0.05, 0) is 12.8 Å². The number of aliphatic hydroxyl groups excluding tert-OH is 2. The van der Waals surface area contributed by atoms with Crippen LogP contribution in [0.4, 0.5) is 19.1 Å². The van der Waals surface area contributed by atoms with Crippen molar-refractivity contribution in [3.8, 4) is 0 Å². The van der Waals surface area contributed by atoms with Gasteiger partial charge in [0.25, 0.3) is 5.56 Å². The number of amides is 1. The predicted octanol–water partition coefficient (Wildman–Crippen LogP) is 0.216. The van der Waals surface area contributed by atoms with E-state index in [9.17, 15) is 33.0 Å². The molecule has 0 saturated carbocycles. The molecule has 4 N–H and O–H groups in total. The fourth-order valence-corrected chi connectivity index (χ4v) is 3.71. The first-order valence-corrected chi connectivity index (χ1v) is 11.6. The monoisotopic (exact) mass is 533 g/mol. The largest absolute Gasteiger partial charge is 0.471 e. The Morgan fingerprint density at radius 3 is 2.76 bits per heavy atom. The van der Waals surface area contributed by atoms with E-state index in [2.05, 4.69) is 19.9 Å². The van der Waals surface area contributed by atoms with Crippen molar-refractivity contribution in [3.05, 3.63) is 16.7 Å². The Hall–Kier alpha value is -3.08. The van der Waals surface area contributed by atoms with Crippen molar-refractivity contribution in [1.29, 1.82) is 0 Å². The number of carbonyl (C=O) groups is 1. The second-order valence-corrected chi connectivity index (χ2v) is 8.66. The molecule has 37 heavy (non-hydrogen) atoms. The SMILES string of the molecule is CN(C)C=Nc1nc2c(ncn2[C@@H]2O[C@H](CO)[C@H](O)C2OCCCCCCNC(=O)C(F)(F)F)c(=O)[nH]1. The number of imidazole rings is 1. The van der Waals surface area contributed by atoms with Gasteiger partial charge >= 0.3 is 12.1 Å². The molecule has 2 aromatic heterocycles. The van der Waals surface area contributed by atoms with Crippen molar-refractivity contribution in [2.75, 3.05) is 33.9 Å². The molecule has 3 rings (SSSR count). The van der Waals surface area contributed by atoms with Crippen LogP contribution in [0.5, 0.6) is 0 Å². The summed E-state index contributed by atoms with van der Waals surface area (Å²) in [6.07, 6.45) is -4.05. The molecule has 1 aliphatic rings. The summed E-state index contributed by atoms with van der Waals surface area (Å²) in [6, 6.07) is 0. The number of aliphatic hydroxyl groups is 2. The van der Waals surface area contributed by atoms with Crippen LogP contribution >= 0.6 is 0 Å². The van der Waals surface area contributed by atoms with Gasteiger partial charge in [0.1, 0.15) is 18.3 Å². The Bertz CT molecular complexity index is 1140. The van der Waals surface area contributed by atoms with Crippen LogP contribution in [0.2, 0.25) is 0 Å². The molecule has 0 aromatic carbocycles. The number of hydrogen-bond donors (Lipinski definition) is 4. The summed E-state index contributed by atoms with van der Waals surface area (Å²) in [5.41, 5.74) is -0.332. The van der Waals surface area contributed by atoms with Gasteiger partial charge in [-0.3, -0.25) is 19.1 Å². The van der Waals surface area contributed by atoms with E-state index in [4.69, 9.17) is 9.47 Å². The molecule has 2 aromatic rings. The number of fused-ring (bicyclic) bond motifs is 1. The van der Waals surface area contributed by atoms with E-state index in [1.54, 1.807) is 19.0 Å². The molecule has 0 spiro atoms. The number of H-pyrrole nitrogens is 1. The lowest BCUT2D eigenvalue weighted by atomic mass is 10.1. The standard InChI is InChI=1S/C21H30F3N7O6/c1-30(2)10-27-20-28-16-13(17(34)29-20)26-11-31(16)18-15(14(33)12(9-32)37-18)36-8-6-4-3-5-7-25-19(35)21(22,23)24/h10-12,14-15,18,32-33H,3-9H2,1-2H3,(H,25,35)(H,28,29,34)/t12-,14+,15?,18-/m1/s1. The smallest absolute Gasteiger partial charge is 0.394 e. The zero-order valence-electron chi connectivity index (χ0n) is 20.3. The van der Waals surface area contributed by atoms with Gasteiger partial charge in [-0.25, -0.2) is 9.98 Å². The molecule has 4 atom stereocenters. The molecule has 13 nitrogen and oxygen atoms in total. The molecule has 0 radical (unpaired) electrons. The van der Waals surface area contributed by atoms with Gasteiger partial charge in [-0.1, -0.05) is 12.8 Å². The van der Waals surface area contributed by atoms with Crippen molar-refractivity contribution in [2.45, 2.75) is 56.4 Å². The quantitative estimate of drug-likeness (QED) is 0.169. The topological polar surface area (TPSA) is 167 Å². The average Bonchev–Trinajstić information content (AvgIpc) is 3.39. The van der Waals surface area contributed by atoms with E-state index >= 15 is 0 Å². The van der Waals surface area contributed by atoms with Crippen LogP contribution in [0, 0.1) is 0 Å². The molecule has 1 amide bonds. The fraction of sp³-hybridized carbons (Fsp3) is 0.667. The van der Waals surface area contributed by atoms with Crippen LogP contribution in [0.3, 0.4) is 0 Å². The molecule has 0 bridgehead atoms. The van der Waals surface area contributed by atoms with E-state index in [0.717, 1.165) is 0 Å². The number of ether oxygens (including phenoxy) is 2. The second kappa shape index (κ2) is 12.4. The minimum atomic E-state index is -4.90. The molecular formula is C21H30F3N7O6. The number of hydrogen-bond acceptors (Lipinski definition) is 9. The van der Waals surface area contributed by atoms with Crippen molar-refractivity contribution in [3.63, 3.8) is 0 Å². The number of nitrogens with zero attached hydrogens (tertiary/aromatic N) is 5. The Balaban J connectivity index is 1.62. The third-order valence-corrected chi connectivity index (χ3v) is 5.52. The lowest BCUT2D eigenvalue weighted by Gasteiger charge is -2.22. The number of aromatic amines is 1. The van der Waals surface area contributed by atoms with E-state index < -0.39 is 48.8 Å². The molecule has 1 unspecified atom stereocenters. The van der Waals surface area contributed by atoms with Crippen LogP contribution in [-0.4, -0.2) is 105 Å². The third kappa shape index (κ3) is 7.24. The first kappa shape index (κ1) is 28.5. The molecule has 1 saturated heterocycles. The summed E-state index contributed by atoms with van der Waals surface area (Å²) in [5, 5.41) is 22.1. The van der Waals surface area contributed by atoms with Crippen LogP contribution in [-0.2, 0) is 14.3 Å². The van der Waals surface area contributed by atoms with Gasteiger partial charge in [0.2, 0.25) is 5.95 Å². The Morgan fingerprint density at radius 1 is 1.35 bits per heavy atom. The minimum Gasteiger partial charge on any atom is -0.394 e. The van der Waals surface area contributed by atoms with E-state index in [-0.39, 0.29) is 30.3 Å². The Labute approximate surface area is 209 Å². The van der Waals surface area contributed by atoms with Gasteiger partial charge in [-0.2, -0.15) is 18.2 Å². The summed E-state index contributed by atoms with van der Waals surface area (Å²) < 4.78 is 49.6. The highest BCUT2D eigenvalue weighted by Crippen LogP contribution is 2.33. The molecular weight excluding hydrogens is 503 g/mol. The summed E-state index contributed by atoms with van der Waals surface area (Å²) in [7, 11) is 3.50. The molecule has 16 heteroatoms. The summed E-state index contributed by atoms with van der Waals surface area (Å²) >= 11 is 0. The van der Waals surface area contributed by atoms with Crippen LogP contribution in [0.25, 0.3) is 11.2 Å². The number of aromatic nitrogens is 4. The van der Waals surface area contributed by atoms with Gasteiger partial charge in [0.05, 0.1) is 19.3 Å². The van der Waals surface area contributed by atoms with E-state index in [1.807, 2.05) is 5.32 Å². The van der Waals surface area contributed by atoms with Gasteiger partial charge < -0.3 is 29.9 Å². The first-order valence-electron chi connectivity index (χ1n) is 11.6. The molecule has 1 fully saturated rings. The summed E-state index contributed by atoms with van der Waals surface area (Å²) in [5.74, 6) is -1.93. The lowest BCUT2D eigenvalue weighted by Crippen LogP contribution is -2.37. The van der Waals surface area contributed by atoms with E-state index in [0.29, 0.717) is 25.7 Å². The number of unbranched alkanes of at least 4 members (excludes halogenated alkanes) is 3. The second-order valence-electron chi connectivity index (χ2n) is 8.66. The minimum absolute atomic E-state index is 0.0331. The van der Waals surface area contributed by atoms with E-state index in [1.165, 1.54) is 17.2 Å². The van der Waals surface area contributed by atoms with Gasteiger partial charge in [0, 0.05) is 27.2 Å². The molecule has 206 valence electrons. The highest BCUT2D eigenvalue weighted by molar-refractivity contribution is 5.81. The Morgan fingerprint density at radius 2 is 2.08 bits per heavy atom. The Kier molecular flexibility index (Phi) is 9.58. The van der Waals surface area contributed by atoms with Crippen LogP contribution in [0.15, 0.2) is 16.1 Å². The summed E-state index contributed by atoms with van der Waals surface area (Å²) in [6.45, 7) is -0.372. The first-order chi connectivity index (χ1) is 17.5. The van der Waals surface area contributed by atoms with Crippen LogP contribution < -0.4 is 10.9 Å². The zero-order valence-corrected chi connectivity index (χ0v) is 20.3. The lowest BCUT2D eigenvalue weighted by molar-refractivity contribution is -0.173. The predicted molar refractivity (Wildman–Crippen MR) is 124 cm³/mol. The maximum atomic E-state index is 12.4. The number of halogens is 3. The number of nitrogens with one attached hydrogen (secondary N) is 2. The van der Waals surface area contributed by atoms with Crippen molar-refractivity contribution >= 4 is 29.4 Å². The maximum Gasteiger partial charge on any atom is 0.471 e. The number of rotatable bonds is 12. The van der Waals surface area contributed by atoms with Gasteiger partial charge in [-0.15, -0.1) is 0 Å². The van der Waals surface area contributed by atoms with Crippen molar-refractivity contribution < 1.29 is 37.7 Å². The van der Waals surface area contributed by atoms with Crippen molar-refractivity contribution in [2.24, 2.45) is 4.99 Å². The maximum absolute atomic E-state index is 12.4. The number of carbonyl (C=O) groups excluding carboxylic acids is 1. The normalized spacial score (nSPS) is 22.2. The molecule has 1 aliphatic heterocycles. The highest BCUT2D eigenvalue weighted by Gasteiger charge is 2.46. The third-order valence-electron chi connectivity index (χ3n) is 5.52. The molecule has 0 aliphatic carbocycles. The van der Waals surface area contributed by atoms with Crippen LogP contribution in [0.1, 0.15) is 31.9 Å².